The van der Waals surface area contributed by atoms with E-state index in [1.807, 2.05) is 152 Å². The number of nitrogens with one attached hydrogen (secondary N) is 1. The van der Waals surface area contributed by atoms with Crippen LogP contribution in [0.5, 0.6) is 0 Å². The van der Waals surface area contributed by atoms with Crippen LogP contribution in [0.15, 0.2) is 152 Å². The molecule has 1 N–H and O–H groups in total. The molecular weight excluding hydrogens is 834 g/mol. The molecule has 10 atom stereocenters. The Kier molecular flexibility index (Phi) is 18.2. The number of rotatable bonds is 22. The second kappa shape index (κ2) is 24.8. The molecular formula is C52H58FNO11. The Bertz CT molecular complexity index is 2140. The highest BCUT2D eigenvalue weighted by atomic mass is 19.1. The second-order valence-electron chi connectivity index (χ2n) is 16.0. The molecule has 12 nitrogen and oxygen atoms in total. The van der Waals surface area contributed by atoms with Gasteiger partial charge in [-0.3, -0.25) is 9.59 Å². The van der Waals surface area contributed by atoms with Crippen molar-refractivity contribution in [2.75, 3.05) is 13.7 Å². The molecule has 2 heterocycles. The molecule has 5 aromatic carbocycles. The first kappa shape index (κ1) is 47.6. The highest BCUT2D eigenvalue weighted by molar-refractivity contribution is 5.81. The standard InChI is InChI=1S/C52H58FNO11/c1-36-45(64-44(56)29-28-43(55)54-2)47(59-32-39-22-12-5-13-23-39)50(61-34-41-26-16-7-17-27-41)52(62-36)65-49-48(60-33-40-24-14-6-15-25-40)46(58-31-38-20-10-4-11-21-38)42(63-51(49)53)35-57-30-37-18-8-3-9-19-37/h3-27,36,42,45-52H,28-35H2,1-2H3,(H,54,55)/t36?,42?,45-,46-,47+,48-,49?,50?,51+,52?/m0/s1. The van der Waals surface area contributed by atoms with Crippen molar-refractivity contribution in [2.24, 2.45) is 0 Å². The summed E-state index contributed by atoms with van der Waals surface area (Å²) >= 11 is 0. The summed E-state index contributed by atoms with van der Waals surface area (Å²) in [7, 11) is 1.50. The molecule has 2 saturated heterocycles. The van der Waals surface area contributed by atoms with Crippen LogP contribution in [0.2, 0.25) is 0 Å². The molecule has 0 bridgehead atoms. The lowest BCUT2D eigenvalue weighted by atomic mass is 9.96. The number of amides is 1. The summed E-state index contributed by atoms with van der Waals surface area (Å²) in [5.74, 6) is -0.929. The summed E-state index contributed by atoms with van der Waals surface area (Å²) in [4.78, 5) is 25.4. The van der Waals surface area contributed by atoms with Crippen LogP contribution >= 0.6 is 0 Å². The van der Waals surface area contributed by atoms with Crippen molar-refractivity contribution in [1.29, 1.82) is 0 Å². The van der Waals surface area contributed by atoms with E-state index in [0.717, 1.165) is 27.8 Å². The third-order valence-corrected chi connectivity index (χ3v) is 11.2. The van der Waals surface area contributed by atoms with Crippen LogP contribution in [-0.4, -0.2) is 87.0 Å². The fourth-order valence-corrected chi connectivity index (χ4v) is 7.79. The van der Waals surface area contributed by atoms with Gasteiger partial charge in [-0.25, -0.2) is 4.39 Å². The van der Waals surface area contributed by atoms with Crippen LogP contribution < -0.4 is 5.32 Å². The van der Waals surface area contributed by atoms with Gasteiger partial charge in [0.05, 0.1) is 52.2 Å². The number of carbonyl (C=O) groups excluding carboxylic acids is 2. The van der Waals surface area contributed by atoms with E-state index >= 15 is 4.39 Å². The van der Waals surface area contributed by atoms with Crippen molar-refractivity contribution in [3.63, 3.8) is 0 Å². The second-order valence-corrected chi connectivity index (χ2v) is 16.0. The SMILES string of the molecule is CNC(=O)CCC(=O)O[C@H]1C(C)OC(OC2[C@H](F)OC(COCc3ccccc3)[C@H](OCc3ccccc3)[C@@H]2OCc2ccccc2)C(OCc2ccccc2)[C@@H]1OCc1ccccc1. The van der Waals surface area contributed by atoms with E-state index in [1.165, 1.54) is 7.05 Å². The summed E-state index contributed by atoms with van der Waals surface area (Å²) in [6, 6.07) is 47.9. The number of benzene rings is 5. The Labute approximate surface area is 380 Å². The van der Waals surface area contributed by atoms with Crippen LogP contribution in [0.3, 0.4) is 0 Å². The zero-order valence-electron chi connectivity index (χ0n) is 36.7. The summed E-state index contributed by atoms with van der Waals surface area (Å²) in [5, 5.41) is 2.53. The van der Waals surface area contributed by atoms with Crippen molar-refractivity contribution in [3.8, 4) is 0 Å². The predicted molar refractivity (Wildman–Crippen MR) is 238 cm³/mol. The average Bonchev–Trinajstić information content (AvgIpc) is 3.34. The lowest BCUT2D eigenvalue weighted by molar-refractivity contribution is -0.365. The zero-order valence-corrected chi connectivity index (χ0v) is 36.7. The summed E-state index contributed by atoms with van der Waals surface area (Å²) in [5.41, 5.74) is 4.39. The van der Waals surface area contributed by atoms with Gasteiger partial charge in [-0.15, -0.1) is 0 Å². The fourth-order valence-electron chi connectivity index (χ4n) is 7.79. The molecule has 0 saturated carbocycles. The number of alkyl halides is 1. The maximum Gasteiger partial charge on any atom is 0.306 e. The van der Waals surface area contributed by atoms with E-state index in [0.29, 0.717) is 0 Å². The number of carbonyl (C=O) groups is 2. The van der Waals surface area contributed by atoms with Gasteiger partial charge < -0.3 is 47.9 Å². The van der Waals surface area contributed by atoms with Crippen LogP contribution in [0, 0.1) is 0 Å². The van der Waals surface area contributed by atoms with E-state index in [1.54, 1.807) is 6.92 Å². The van der Waals surface area contributed by atoms with Gasteiger partial charge in [0.25, 0.3) is 0 Å². The van der Waals surface area contributed by atoms with Crippen LogP contribution in [0.1, 0.15) is 47.6 Å². The van der Waals surface area contributed by atoms with E-state index in [9.17, 15) is 9.59 Å². The third-order valence-electron chi connectivity index (χ3n) is 11.2. The average molecular weight is 892 g/mol. The molecule has 1 amide bonds. The first-order chi connectivity index (χ1) is 31.8. The van der Waals surface area contributed by atoms with Gasteiger partial charge in [0.2, 0.25) is 12.3 Å². The van der Waals surface area contributed by atoms with Crippen molar-refractivity contribution in [3.05, 3.63) is 179 Å². The molecule has 65 heavy (non-hydrogen) atoms. The highest BCUT2D eigenvalue weighted by Gasteiger charge is 2.54. The van der Waals surface area contributed by atoms with Gasteiger partial charge in [0, 0.05) is 13.5 Å². The summed E-state index contributed by atoms with van der Waals surface area (Å²) < 4.78 is 75.5. The van der Waals surface area contributed by atoms with Gasteiger partial charge >= 0.3 is 5.97 Å². The van der Waals surface area contributed by atoms with E-state index in [4.69, 9.17) is 42.6 Å². The molecule has 2 aliphatic rings. The molecule has 0 aromatic heterocycles. The van der Waals surface area contributed by atoms with Crippen molar-refractivity contribution in [1.82, 2.24) is 5.32 Å². The summed E-state index contributed by atoms with van der Waals surface area (Å²) in [6.07, 6.45) is -11.8. The number of halogens is 1. The topological polar surface area (TPSA) is 129 Å². The molecule has 5 unspecified atom stereocenters. The molecule has 5 aromatic rings. The smallest absolute Gasteiger partial charge is 0.306 e. The maximum absolute atomic E-state index is 17.1. The van der Waals surface area contributed by atoms with Gasteiger partial charge in [-0.2, -0.15) is 0 Å². The molecule has 0 radical (unpaired) electrons. The van der Waals surface area contributed by atoms with Crippen molar-refractivity contribution in [2.45, 2.75) is 114 Å². The molecule has 13 heteroatoms. The normalized spacial score (nSPS) is 25.4. The van der Waals surface area contributed by atoms with Crippen molar-refractivity contribution >= 4 is 11.9 Å². The minimum Gasteiger partial charge on any atom is -0.457 e. The number of hydrogen-bond donors (Lipinski definition) is 1. The van der Waals surface area contributed by atoms with Crippen LogP contribution in [0.25, 0.3) is 0 Å². The highest BCUT2D eigenvalue weighted by Crippen LogP contribution is 2.36. The molecule has 7 rings (SSSR count). The van der Waals surface area contributed by atoms with Gasteiger partial charge in [-0.05, 0) is 34.7 Å². The Morgan fingerprint density at radius 3 is 1.40 bits per heavy atom. The summed E-state index contributed by atoms with van der Waals surface area (Å²) in [6.45, 7) is 2.46. The van der Waals surface area contributed by atoms with Crippen LogP contribution in [0.4, 0.5) is 4.39 Å². The monoisotopic (exact) mass is 891 g/mol. The minimum absolute atomic E-state index is 0.00513. The lowest BCUT2D eigenvalue weighted by Crippen LogP contribution is -2.65. The Balaban J connectivity index is 1.21. The predicted octanol–water partition coefficient (Wildman–Crippen LogP) is 7.81. The fraction of sp³-hybridized carbons (Fsp3) is 0.385. The van der Waals surface area contributed by atoms with Crippen molar-refractivity contribution < 1.29 is 56.6 Å². The quantitative estimate of drug-likeness (QED) is 0.0684. The molecule has 2 aliphatic heterocycles. The lowest BCUT2D eigenvalue weighted by Gasteiger charge is -2.48. The van der Waals surface area contributed by atoms with Gasteiger partial charge in [0.15, 0.2) is 12.4 Å². The van der Waals surface area contributed by atoms with E-state index in [-0.39, 0.29) is 58.4 Å². The first-order valence-corrected chi connectivity index (χ1v) is 22.1. The number of hydrogen-bond acceptors (Lipinski definition) is 11. The largest absolute Gasteiger partial charge is 0.457 e. The van der Waals surface area contributed by atoms with E-state index in [2.05, 4.69) is 5.32 Å². The van der Waals surface area contributed by atoms with Gasteiger partial charge in [0.1, 0.15) is 36.6 Å². The molecule has 0 spiro atoms. The Morgan fingerprint density at radius 1 is 0.523 bits per heavy atom. The Hall–Kier alpha value is -5.35. The number of esters is 1. The van der Waals surface area contributed by atoms with E-state index < -0.39 is 67.4 Å². The van der Waals surface area contributed by atoms with Gasteiger partial charge in [-0.1, -0.05) is 152 Å². The molecule has 344 valence electrons. The number of ether oxygens (including phenoxy) is 9. The Morgan fingerprint density at radius 2 is 0.938 bits per heavy atom. The zero-order chi connectivity index (χ0) is 45.2. The first-order valence-electron chi connectivity index (χ1n) is 22.1. The van der Waals surface area contributed by atoms with Crippen LogP contribution in [-0.2, 0) is 85.3 Å². The molecule has 0 aliphatic carbocycles. The minimum atomic E-state index is -2.05. The molecule has 2 fully saturated rings. The maximum atomic E-state index is 17.1. The third kappa shape index (κ3) is 14.1.